The van der Waals surface area contributed by atoms with E-state index >= 15 is 0 Å². The van der Waals surface area contributed by atoms with E-state index in [0.29, 0.717) is 41.1 Å². The number of nitrogens with zero attached hydrogens (tertiary/aromatic N) is 10. The van der Waals surface area contributed by atoms with Crippen LogP contribution in [0.15, 0.2) is 54.2 Å². The van der Waals surface area contributed by atoms with Gasteiger partial charge in [-0.1, -0.05) is 0 Å². The number of aromatic nitrogens is 10. The van der Waals surface area contributed by atoms with Gasteiger partial charge in [0.25, 0.3) is 5.91 Å². The van der Waals surface area contributed by atoms with Gasteiger partial charge >= 0.3 is 0 Å². The van der Waals surface area contributed by atoms with Crippen molar-refractivity contribution in [2.24, 2.45) is 7.05 Å². The number of piperidine rings is 1. The number of fused-ring (bicyclic) bond motifs is 4. The number of hydrogen-bond donors (Lipinski definition) is 2. The minimum absolute atomic E-state index is 0.00132. The van der Waals surface area contributed by atoms with Crippen molar-refractivity contribution in [2.45, 2.75) is 48.6 Å². The maximum absolute atomic E-state index is 13.2. The molecule has 6 aromatic rings. The summed E-state index contributed by atoms with van der Waals surface area (Å²) in [6.07, 6.45) is 12.1. The zero-order chi connectivity index (χ0) is 31.0. The summed E-state index contributed by atoms with van der Waals surface area (Å²) in [4.78, 5) is 32.0. The van der Waals surface area contributed by atoms with Crippen molar-refractivity contribution in [1.82, 2.24) is 54.4 Å². The lowest BCUT2D eigenvalue weighted by molar-refractivity contribution is 0.0556. The summed E-state index contributed by atoms with van der Waals surface area (Å²) in [6, 6.07) is 5.68. The number of anilines is 1. The fourth-order valence-electron chi connectivity index (χ4n) is 6.95. The average Bonchev–Trinajstić information content (AvgIpc) is 3.81. The third kappa shape index (κ3) is 4.43. The summed E-state index contributed by atoms with van der Waals surface area (Å²) in [7, 11) is -1.90. The Kier molecular flexibility index (Phi) is 6.00. The van der Waals surface area contributed by atoms with Crippen molar-refractivity contribution in [1.29, 1.82) is 0 Å². The Morgan fingerprint density at radius 2 is 1.82 bits per heavy atom. The number of aromatic amines is 1. The quantitative estimate of drug-likeness (QED) is 0.286. The molecule has 3 atom stereocenters. The predicted molar refractivity (Wildman–Crippen MR) is 163 cm³/mol. The third-order valence-corrected chi connectivity index (χ3v) is 10.0. The topological polar surface area (TPSA) is 196 Å². The van der Waals surface area contributed by atoms with Gasteiger partial charge in [0.05, 0.1) is 17.4 Å². The number of rotatable bonds is 5. The minimum Gasteiger partial charge on any atom is -0.382 e. The molecule has 7 heterocycles. The molecule has 0 radical (unpaired) electrons. The van der Waals surface area contributed by atoms with Crippen molar-refractivity contribution in [3.8, 4) is 22.5 Å². The fourth-order valence-corrected chi connectivity index (χ4v) is 8.01. The number of carbonyl (C=O) groups excluding carboxylic acids is 1. The summed E-state index contributed by atoms with van der Waals surface area (Å²) in [5, 5.41) is 17.5. The zero-order valence-electron chi connectivity index (χ0n) is 24.4. The lowest BCUT2D eigenvalue weighted by atomic mass is 9.87. The average molecular weight is 625 g/mol. The van der Waals surface area contributed by atoms with Gasteiger partial charge in [-0.3, -0.25) is 9.48 Å². The second-order valence-corrected chi connectivity index (χ2v) is 13.7. The molecule has 2 saturated heterocycles. The maximum Gasteiger partial charge on any atom is 0.292 e. The molecule has 15 nitrogen and oxygen atoms in total. The van der Waals surface area contributed by atoms with E-state index in [0.717, 1.165) is 35.6 Å². The molecule has 5 aromatic heterocycles. The summed E-state index contributed by atoms with van der Waals surface area (Å²) in [5.41, 5.74) is 10.4. The van der Waals surface area contributed by atoms with E-state index in [1.54, 1.807) is 23.3 Å². The molecular formula is C29H28N12O3S. The maximum atomic E-state index is 13.2. The third-order valence-electron chi connectivity index (χ3n) is 8.85. The highest BCUT2D eigenvalue weighted by molar-refractivity contribution is 7.91. The van der Waals surface area contributed by atoms with Crippen molar-refractivity contribution >= 4 is 38.1 Å². The molecule has 1 amide bonds. The number of nitrogens with one attached hydrogen (secondary N) is 1. The molecule has 0 aliphatic carbocycles. The molecule has 45 heavy (non-hydrogen) atoms. The largest absolute Gasteiger partial charge is 0.382 e. The van der Waals surface area contributed by atoms with Crippen LogP contribution in [0, 0.1) is 0 Å². The van der Waals surface area contributed by atoms with Crippen LogP contribution >= 0.6 is 0 Å². The normalized spacial score (nSPS) is 20.0. The van der Waals surface area contributed by atoms with Crippen LogP contribution in [0.1, 0.15) is 47.9 Å². The van der Waals surface area contributed by atoms with Crippen LogP contribution in [0.5, 0.6) is 0 Å². The molecule has 1 aromatic carbocycles. The highest BCUT2D eigenvalue weighted by atomic mass is 32.2. The predicted octanol–water partition coefficient (Wildman–Crippen LogP) is 2.39. The van der Waals surface area contributed by atoms with Crippen molar-refractivity contribution in [3.05, 3.63) is 60.8 Å². The van der Waals surface area contributed by atoms with Gasteiger partial charge < -0.3 is 15.6 Å². The van der Waals surface area contributed by atoms with Crippen LogP contribution < -0.4 is 5.73 Å². The molecule has 3 N–H and O–H groups in total. The number of nitrogen functional groups attached to an aromatic ring is 1. The smallest absolute Gasteiger partial charge is 0.292 e. The van der Waals surface area contributed by atoms with E-state index in [4.69, 9.17) is 10.7 Å². The fraction of sp³-hybridized carbons (Fsp3) is 0.310. The van der Waals surface area contributed by atoms with Crippen molar-refractivity contribution in [3.63, 3.8) is 0 Å². The Morgan fingerprint density at radius 1 is 1.07 bits per heavy atom. The van der Waals surface area contributed by atoms with Gasteiger partial charge in [0.1, 0.15) is 17.0 Å². The summed E-state index contributed by atoms with van der Waals surface area (Å²) in [6.45, 7) is 0. The van der Waals surface area contributed by atoms with Gasteiger partial charge in [0.15, 0.2) is 21.3 Å². The first-order valence-electron chi connectivity index (χ1n) is 14.5. The van der Waals surface area contributed by atoms with Gasteiger partial charge in [0, 0.05) is 72.0 Å². The highest BCUT2D eigenvalue weighted by Crippen LogP contribution is 2.45. The van der Waals surface area contributed by atoms with Crippen LogP contribution in [-0.4, -0.2) is 87.1 Å². The minimum atomic E-state index is -3.77. The molecule has 0 saturated carbocycles. The van der Waals surface area contributed by atoms with E-state index in [1.807, 2.05) is 36.3 Å². The van der Waals surface area contributed by atoms with Gasteiger partial charge in [-0.15, -0.1) is 10.2 Å². The van der Waals surface area contributed by atoms with E-state index in [9.17, 15) is 13.2 Å². The molecule has 2 aliphatic rings. The van der Waals surface area contributed by atoms with Crippen LogP contribution in [0.25, 0.3) is 39.1 Å². The van der Waals surface area contributed by atoms with E-state index < -0.39 is 9.84 Å². The van der Waals surface area contributed by atoms with Gasteiger partial charge in [-0.2, -0.15) is 14.7 Å². The molecular weight excluding hydrogens is 596 g/mol. The van der Waals surface area contributed by atoms with Gasteiger partial charge in [-0.05, 0) is 43.9 Å². The Labute approximate surface area is 256 Å². The van der Waals surface area contributed by atoms with Crippen molar-refractivity contribution in [2.75, 3.05) is 12.0 Å². The Bertz CT molecular complexity index is 2210. The van der Waals surface area contributed by atoms with Crippen LogP contribution in [0.4, 0.5) is 5.82 Å². The molecule has 16 heteroatoms. The SMILES string of the molecule is Cn1cc2cc(-c3ncc(-c4cnn5c(N)c(S(C)(=O)=O)c([C@@H]6C[C@H]7CC[C@@H](C6)N7C(=O)c6nnc[nH]6)nc45)cn3)ccc2n1. The van der Waals surface area contributed by atoms with E-state index in [2.05, 4.69) is 35.3 Å². The molecule has 8 rings (SSSR count). The molecule has 228 valence electrons. The molecule has 2 bridgehead atoms. The molecule has 0 unspecified atom stereocenters. The molecule has 2 aliphatic heterocycles. The number of benzene rings is 1. The number of hydrogen-bond acceptors (Lipinski definition) is 11. The number of amides is 1. The van der Waals surface area contributed by atoms with Crippen LogP contribution in [0.2, 0.25) is 0 Å². The van der Waals surface area contributed by atoms with E-state index in [-0.39, 0.29) is 40.4 Å². The number of sulfone groups is 1. The standard InChI is InChI=1S/C29H28N12O3S/c1-39-13-17-7-15(3-6-22(17)38-39)26-31-10-18(11-32-26)21-12-35-41-25(30)24(45(2,43)44)23(36-28(21)41)16-8-19-4-5-20(9-16)40(19)29(42)27-33-14-34-37-27/h3,6-7,10-14,16,19-20H,4-5,8-9,30H2,1-2H3,(H,33,34,37)/t16-,19-,20+. The first-order valence-corrected chi connectivity index (χ1v) is 16.4. The second-order valence-electron chi connectivity index (χ2n) is 11.8. The van der Waals surface area contributed by atoms with Gasteiger partial charge in [-0.25, -0.2) is 23.4 Å². The monoisotopic (exact) mass is 624 g/mol. The van der Waals surface area contributed by atoms with Crippen molar-refractivity contribution < 1.29 is 13.2 Å². The second kappa shape index (κ2) is 9.88. The molecule has 2 fully saturated rings. The van der Waals surface area contributed by atoms with Crippen LogP contribution in [0.3, 0.4) is 0 Å². The Morgan fingerprint density at radius 3 is 2.51 bits per heavy atom. The highest BCUT2D eigenvalue weighted by Gasteiger charge is 2.46. The van der Waals surface area contributed by atoms with Crippen LogP contribution in [-0.2, 0) is 16.9 Å². The molecule has 0 spiro atoms. The lowest BCUT2D eigenvalue weighted by Gasteiger charge is -2.38. The summed E-state index contributed by atoms with van der Waals surface area (Å²) < 4.78 is 29.4. The first-order chi connectivity index (χ1) is 21.7. The Balaban J connectivity index is 1.17. The number of carbonyl (C=O) groups is 1. The summed E-state index contributed by atoms with van der Waals surface area (Å²) >= 11 is 0. The number of nitrogens with two attached hydrogens (primary N) is 1. The number of aryl methyl sites for hydroxylation is 1. The first kappa shape index (κ1) is 27.3. The summed E-state index contributed by atoms with van der Waals surface area (Å²) in [5.74, 6) is 0.309. The number of H-pyrrole nitrogens is 1. The lowest BCUT2D eigenvalue weighted by Crippen LogP contribution is -2.46. The van der Waals surface area contributed by atoms with Gasteiger partial charge in [0.2, 0.25) is 5.82 Å². The zero-order valence-corrected chi connectivity index (χ0v) is 25.2. The van der Waals surface area contributed by atoms with E-state index in [1.165, 1.54) is 10.8 Å². The Hall–Kier alpha value is -5.25.